The molecule has 1 aliphatic rings. The fraction of sp³-hybridized carbons (Fsp3) is 0.333. The van der Waals surface area contributed by atoms with E-state index >= 15 is 0 Å². The van der Waals surface area contributed by atoms with Gasteiger partial charge >= 0.3 is 175 Å². The summed E-state index contributed by atoms with van der Waals surface area (Å²) in [6.45, 7) is 18.3. The topological polar surface area (TPSA) is 0 Å². The van der Waals surface area contributed by atoms with Crippen LogP contribution in [0.2, 0.25) is 0 Å². The van der Waals surface area contributed by atoms with Gasteiger partial charge in [0.2, 0.25) is 0 Å². The molecule has 1 aliphatic carbocycles. The van der Waals surface area contributed by atoms with Gasteiger partial charge in [-0.25, -0.2) is 12.2 Å². The molecule has 0 heterocycles. The summed E-state index contributed by atoms with van der Waals surface area (Å²) in [5.41, 5.74) is -2.48. The molecule has 5 aromatic carbocycles. The van der Waals surface area contributed by atoms with Gasteiger partial charge in [0, 0.05) is 0 Å². The van der Waals surface area contributed by atoms with Crippen LogP contribution in [0.15, 0.2) is 85.0 Å². The summed E-state index contributed by atoms with van der Waals surface area (Å²) in [7, 11) is 0. The Morgan fingerprint density at radius 2 is 0.833 bits per heavy atom. The van der Waals surface area contributed by atoms with Gasteiger partial charge in [0.05, 0.1) is 0 Å². The molecule has 0 fully saturated rings. The minimum atomic E-state index is -5.22. The Kier molecular flexibility index (Phi) is 16.7. The molecule has 5 aromatic rings. The maximum atomic E-state index is 13.0. The molecule has 0 saturated heterocycles. The summed E-state index contributed by atoms with van der Waals surface area (Å²) < 4.78 is 155. The first-order valence-corrected chi connectivity index (χ1v) is 19.1. The molecule has 0 atom stereocenters. The first-order chi connectivity index (χ1) is 26.3. The molecule has 324 valence electrons. The van der Waals surface area contributed by atoms with Crippen LogP contribution in [0, 0.1) is 19.9 Å². The number of benzene rings is 4. The molecule has 0 unspecified atom stereocenters. The Labute approximate surface area is 368 Å². The predicted molar refractivity (Wildman–Crippen MR) is 202 cm³/mol. The van der Waals surface area contributed by atoms with Crippen LogP contribution in [0.25, 0.3) is 21.5 Å². The number of aryl methyl sites for hydroxylation is 2. The third-order valence-corrected chi connectivity index (χ3v) is 10.8. The van der Waals surface area contributed by atoms with Crippen LogP contribution in [0.1, 0.15) is 104 Å². The Bertz CT molecular complexity index is 2150. The van der Waals surface area contributed by atoms with Crippen molar-refractivity contribution in [2.24, 2.45) is 0 Å². The summed E-state index contributed by atoms with van der Waals surface area (Å²) >= 11 is -0.00108. The number of alkyl halides is 12. The van der Waals surface area contributed by atoms with Gasteiger partial charge in [0.15, 0.2) is 0 Å². The second kappa shape index (κ2) is 19.0. The van der Waals surface area contributed by atoms with Crippen LogP contribution in [0.3, 0.4) is 0 Å². The van der Waals surface area contributed by atoms with Crippen LogP contribution in [-0.2, 0) is 59.8 Å². The number of hydrogen-bond acceptors (Lipinski definition) is 0. The summed E-state index contributed by atoms with van der Waals surface area (Å²) in [6.07, 6.45) is -10.9. The van der Waals surface area contributed by atoms with Crippen LogP contribution in [-0.4, -0.2) is 3.21 Å². The van der Waals surface area contributed by atoms with Gasteiger partial charge in [-0.2, -0.15) is 6.08 Å². The van der Waals surface area contributed by atoms with Gasteiger partial charge in [-0.1, -0.05) is 75.9 Å². The molecule has 0 aliphatic heterocycles. The first kappa shape index (κ1) is 52.9. The minimum absolute atomic E-state index is 0. The molecule has 0 bridgehead atoms. The van der Waals surface area contributed by atoms with Crippen molar-refractivity contribution in [3.05, 3.63) is 147 Å². The number of hydrogen-bond donors (Lipinski definition) is 0. The van der Waals surface area contributed by atoms with Crippen molar-refractivity contribution in [3.8, 4) is 0 Å². The average Bonchev–Trinajstić information content (AvgIpc) is 3.76. The largest absolute Gasteiger partial charge is 1.00 e. The van der Waals surface area contributed by atoms with E-state index in [0.29, 0.717) is 0 Å². The SMILES string of the molecule is Cc1cc2[cH-]c3cc(C)c(C(C)(C)C)cc3c2cc1C(C)(C)C.FC(F)(F)c1cc([C](=[Zr+2])c2cc(C(F)(F)F)cc(C(F)(F)F)c2)cc(C(F)(F)F)c1.[C-]1=CC=CC1.[Cl-].[Cl-]. The van der Waals surface area contributed by atoms with Crippen molar-refractivity contribution in [1.82, 2.24) is 0 Å². The van der Waals surface area contributed by atoms with Gasteiger partial charge < -0.3 is 24.8 Å². The zero-order chi connectivity index (χ0) is 44.0. The minimum Gasteiger partial charge on any atom is -1.00 e. The van der Waals surface area contributed by atoms with Gasteiger partial charge in [-0.15, -0.1) is 46.2 Å². The van der Waals surface area contributed by atoms with Crippen molar-refractivity contribution < 1.29 is 102 Å². The van der Waals surface area contributed by atoms with Gasteiger partial charge in [0.1, 0.15) is 0 Å². The quantitative estimate of drug-likeness (QED) is 0.123. The van der Waals surface area contributed by atoms with E-state index < -0.39 is 61.3 Å². The number of halogens is 14. The van der Waals surface area contributed by atoms with E-state index in [2.05, 4.69) is 97.9 Å². The molecule has 0 saturated carbocycles. The van der Waals surface area contributed by atoms with E-state index in [-0.39, 0.29) is 96.3 Å². The predicted octanol–water partition coefficient (Wildman–Crippen LogP) is 9.11. The fourth-order valence-electron chi connectivity index (χ4n) is 6.65. The molecule has 0 N–H and O–H groups in total. The standard InChI is InChI=1S/C23H29.C17H6F12.C5H5.2ClH.Zr/c1-14-9-16-11-17-10-15(2)21(23(6,7)8)13-19(17)18(16)12-20(14)22(3,4)5;18-14(19,20)10-2-8(3-11(6-10)15(21,22)23)1-9-4-12(16(24,25)26)7-13(5-9)17(27,28)29;1-2-4-5-3-1;;;/h9-13H,1-8H3;2-7H;1-3H,4H2;2*1H;/q-1;;-1;;;+2/p-2. The van der Waals surface area contributed by atoms with Gasteiger partial charge in [-0.3, -0.25) is 6.08 Å². The van der Waals surface area contributed by atoms with Crippen LogP contribution in [0.5, 0.6) is 0 Å². The maximum Gasteiger partial charge on any atom is -0.109 e. The second-order valence-corrected chi connectivity index (χ2v) is 17.3. The van der Waals surface area contributed by atoms with E-state index in [1.54, 1.807) is 0 Å². The Balaban J connectivity index is 0.000000366. The van der Waals surface area contributed by atoms with Crippen LogP contribution < -0.4 is 24.8 Å². The summed E-state index contributed by atoms with van der Waals surface area (Å²) in [4.78, 5) is 0. The Morgan fingerprint density at radius 3 is 1.05 bits per heavy atom. The van der Waals surface area contributed by atoms with E-state index in [0.717, 1.165) is 6.42 Å². The molecule has 15 heteroatoms. The molecule has 0 nitrogen and oxygen atoms in total. The molecular formula is C45H40Cl2F12Zr-2. The van der Waals surface area contributed by atoms with E-state index in [4.69, 9.17) is 0 Å². The van der Waals surface area contributed by atoms with Crippen molar-refractivity contribution in [2.75, 3.05) is 0 Å². The Morgan fingerprint density at radius 1 is 0.517 bits per heavy atom. The monoisotopic (exact) mass is 968 g/mol. The average molecular weight is 971 g/mol. The zero-order valence-corrected chi connectivity index (χ0v) is 37.6. The smallest absolute Gasteiger partial charge is 0.109 e. The number of rotatable bonds is 2. The van der Waals surface area contributed by atoms with Crippen molar-refractivity contribution >= 4 is 24.8 Å². The second-order valence-electron chi connectivity index (χ2n) is 16.1. The third-order valence-electron chi connectivity index (χ3n) is 9.35. The number of fused-ring (bicyclic) bond motifs is 3. The summed E-state index contributed by atoms with van der Waals surface area (Å²) in [5, 5.41) is 5.55. The fourth-order valence-corrected chi connectivity index (χ4v) is 7.36. The van der Waals surface area contributed by atoms with Crippen LogP contribution >= 0.6 is 0 Å². The van der Waals surface area contributed by atoms with Gasteiger partial charge in [0.25, 0.3) is 0 Å². The van der Waals surface area contributed by atoms with Crippen LogP contribution in [0.4, 0.5) is 52.7 Å². The first-order valence-electron chi connectivity index (χ1n) is 17.8. The van der Waals surface area contributed by atoms with Crippen molar-refractivity contribution in [2.45, 2.75) is 97.3 Å². The van der Waals surface area contributed by atoms with Crippen molar-refractivity contribution in [1.29, 1.82) is 0 Å². The summed E-state index contributed by atoms with van der Waals surface area (Å²) in [5.74, 6) is 0. The normalized spacial score (nSPS) is 13.3. The molecule has 0 aromatic heterocycles. The van der Waals surface area contributed by atoms with E-state index in [1.807, 2.05) is 12.2 Å². The maximum absolute atomic E-state index is 13.0. The number of allylic oxidation sites excluding steroid dienone is 4. The Hall–Kier alpha value is -3.28. The molecule has 60 heavy (non-hydrogen) atoms. The molecule has 6 rings (SSSR count). The van der Waals surface area contributed by atoms with E-state index in [9.17, 15) is 52.7 Å². The zero-order valence-electron chi connectivity index (χ0n) is 33.6. The molecule has 0 radical (unpaired) electrons. The van der Waals surface area contributed by atoms with Gasteiger partial charge in [-0.05, 0) is 24.7 Å². The molecular weight excluding hydrogens is 931 g/mol. The van der Waals surface area contributed by atoms with E-state index in [1.165, 1.54) is 43.8 Å². The summed E-state index contributed by atoms with van der Waals surface area (Å²) in [6, 6.07) is 12.5. The molecule has 0 spiro atoms. The third kappa shape index (κ3) is 13.1. The molecule has 0 amide bonds. The van der Waals surface area contributed by atoms with Crippen molar-refractivity contribution in [3.63, 3.8) is 0 Å².